The number of benzene rings is 1. The number of methoxy groups -OCH3 is 1. The van der Waals surface area contributed by atoms with Crippen molar-refractivity contribution in [3.05, 3.63) is 28.8 Å². The topological polar surface area (TPSA) is 55.8 Å². The quantitative estimate of drug-likeness (QED) is 0.794. The number of esters is 1. The lowest BCUT2D eigenvalue weighted by Gasteiger charge is -2.10. The summed E-state index contributed by atoms with van der Waals surface area (Å²) >= 11 is 5.85. The van der Waals surface area contributed by atoms with Crippen LogP contribution in [0.3, 0.4) is 0 Å². The number of carbonyl (C=O) groups excluding carboxylic acids is 1. The maximum Gasteiger partial charge on any atom is 0.343 e. The van der Waals surface area contributed by atoms with Gasteiger partial charge in [0, 0.05) is 5.56 Å². The van der Waals surface area contributed by atoms with Crippen molar-refractivity contribution in [1.29, 1.82) is 0 Å². The molecule has 0 aliphatic heterocycles. The first kappa shape index (κ1) is 11.8. The van der Waals surface area contributed by atoms with Crippen LogP contribution in [-0.2, 0) is 16.1 Å². The van der Waals surface area contributed by atoms with Crippen molar-refractivity contribution in [3.63, 3.8) is 0 Å². The molecule has 1 aromatic rings. The fourth-order valence-corrected chi connectivity index (χ4v) is 1.28. The van der Waals surface area contributed by atoms with E-state index < -0.39 is 5.97 Å². The first-order valence-electron chi connectivity index (χ1n) is 4.27. The number of aliphatic hydroxyl groups is 1. The molecule has 5 heteroatoms. The Morgan fingerprint density at radius 3 is 2.87 bits per heavy atom. The van der Waals surface area contributed by atoms with E-state index in [1.165, 1.54) is 7.11 Å². The van der Waals surface area contributed by atoms with Gasteiger partial charge in [0.1, 0.15) is 5.75 Å². The highest BCUT2D eigenvalue weighted by Gasteiger charge is 2.09. The molecule has 0 amide bonds. The van der Waals surface area contributed by atoms with Crippen molar-refractivity contribution < 1.29 is 19.4 Å². The Morgan fingerprint density at radius 1 is 1.53 bits per heavy atom. The van der Waals surface area contributed by atoms with Gasteiger partial charge in [0.2, 0.25) is 0 Å². The highest BCUT2D eigenvalue weighted by molar-refractivity contribution is 6.32. The Labute approximate surface area is 92.4 Å². The SMILES string of the molecule is COC(=O)COc1c(Cl)cccc1CO. The molecule has 0 aromatic heterocycles. The summed E-state index contributed by atoms with van der Waals surface area (Å²) < 4.78 is 9.56. The average Bonchev–Trinajstić information content (AvgIpc) is 2.26. The van der Waals surface area contributed by atoms with Crippen LogP contribution >= 0.6 is 11.6 Å². The first-order chi connectivity index (χ1) is 7.19. The van der Waals surface area contributed by atoms with E-state index in [0.29, 0.717) is 16.3 Å². The average molecular weight is 231 g/mol. The van der Waals surface area contributed by atoms with Crippen LogP contribution in [0.1, 0.15) is 5.56 Å². The van der Waals surface area contributed by atoms with Crippen LogP contribution in [0.5, 0.6) is 5.75 Å². The molecular formula is C10H11ClO4. The lowest BCUT2D eigenvalue weighted by molar-refractivity contribution is -0.142. The van der Waals surface area contributed by atoms with E-state index in [4.69, 9.17) is 21.4 Å². The number of hydrogen-bond donors (Lipinski definition) is 1. The van der Waals surface area contributed by atoms with Crippen molar-refractivity contribution in [2.24, 2.45) is 0 Å². The molecule has 4 nitrogen and oxygen atoms in total. The van der Waals surface area contributed by atoms with Crippen molar-refractivity contribution in [1.82, 2.24) is 0 Å². The Hall–Kier alpha value is -1.26. The predicted molar refractivity (Wildman–Crippen MR) is 54.9 cm³/mol. The minimum absolute atomic E-state index is 0.197. The normalized spacial score (nSPS) is 9.80. The first-order valence-corrected chi connectivity index (χ1v) is 4.64. The van der Waals surface area contributed by atoms with E-state index in [2.05, 4.69) is 4.74 Å². The van der Waals surface area contributed by atoms with Gasteiger partial charge in [-0.2, -0.15) is 0 Å². The largest absolute Gasteiger partial charge is 0.480 e. The second-order valence-electron chi connectivity index (χ2n) is 2.75. The van der Waals surface area contributed by atoms with Crippen LogP contribution in [0.15, 0.2) is 18.2 Å². The molecule has 0 bridgehead atoms. The Balaban J connectivity index is 2.78. The lowest BCUT2D eigenvalue weighted by atomic mass is 10.2. The molecule has 1 N–H and O–H groups in total. The predicted octanol–water partition coefficient (Wildman–Crippen LogP) is 1.38. The van der Waals surface area contributed by atoms with Crippen LogP contribution in [0.2, 0.25) is 5.02 Å². The standard InChI is InChI=1S/C10H11ClO4/c1-14-9(13)6-15-10-7(5-12)3-2-4-8(10)11/h2-4,12H,5-6H2,1H3. The zero-order valence-corrected chi connectivity index (χ0v) is 8.95. The van der Waals surface area contributed by atoms with Gasteiger partial charge in [-0.15, -0.1) is 0 Å². The summed E-state index contributed by atoms with van der Waals surface area (Å²) in [7, 11) is 1.27. The second kappa shape index (κ2) is 5.58. The monoisotopic (exact) mass is 230 g/mol. The van der Waals surface area contributed by atoms with E-state index in [0.717, 1.165) is 0 Å². The van der Waals surface area contributed by atoms with Gasteiger partial charge < -0.3 is 14.6 Å². The molecule has 0 spiro atoms. The number of aliphatic hydroxyl groups excluding tert-OH is 1. The van der Waals surface area contributed by atoms with Gasteiger partial charge in [0.25, 0.3) is 0 Å². The second-order valence-corrected chi connectivity index (χ2v) is 3.16. The smallest absolute Gasteiger partial charge is 0.343 e. The third-order valence-electron chi connectivity index (χ3n) is 1.78. The summed E-state index contributed by atoms with van der Waals surface area (Å²) in [6, 6.07) is 4.98. The summed E-state index contributed by atoms with van der Waals surface area (Å²) in [5.74, 6) is -0.189. The van der Waals surface area contributed by atoms with Crippen LogP contribution < -0.4 is 4.74 Å². The number of ether oxygens (including phenoxy) is 2. The fraction of sp³-hybridized carbons (Fsp3) is 0.300. The van der Waals surface area contributed by atoms with Crippen LogP contribution in [-0.4, -0.2) is 24.8 Å². The summed E-state index contributed by atoms with van der Waals surface area (Å²) in [5.41, 5.74) is 0.534. The highest BCUT2D eigenvalue weighted by Crippen LogP contribution is 2.28. The third kappa shape index (κ3) is 3.11. The molecule has 0 aliphatic carbocycles. The number of carbonyl (C=O) groups is 1. The number of rotatable bonds is 4. The molecule has 15 heavy (non-hydrogen) atoms. The van der Waals surface area contributed by atoms with Crippen molar-refractivity contribution in [3.8, 4) is 5.75 Å². The van der Waals surface area contributed by atoms with Gasteiger partial charge in [-0.25, -0.2) is 4.79 Å². The zero-order valence-electron chi connectivity index (χ0n) is 8.20. The van der Waals surface area contributed by atoms with Crippen LogP contribution in [0, 0.1) is 0 Å². The van der Waals surface area contributed by atoms with Gasteiger partial charge in [0.15, 0.2) is 6.61 Å². The molecule has 0 radical (unpaired) electrons. The zero-order chi connectivity index (χ0) is 11.3. The summed E-state index contributed by atoms with van der Waals surface area (Å²) in [6.07, 6.45) is 0. The number of hydrogen-bond acceptors (Lipinski definition) is 4. The minimum Gasteiger partial charge on any atom is -0.480 e. The van der Waals surface area contributed by atoms with Crippen LogP contribution in [0.4, 0.5) is 0 Å². The molecule has 0 saturated carbocycles. The Bertz CT molecular complexity index is 351. The van der Waals surface area contributed by atoms with Gasteiger partial charge in [-0.1, -0.05) is 23.7 Å². The lowest BCUT2D eigenvalue weighted by Crippen LogP contribution is -2.13. The molecule has 1 aromatic carbocycles. The molecule has 0 aliphatic rings. The molecule has 82 valence electrons. The van der Waals surface area contributed by atoms with Crippen LogP contribution in [0.25, 0.3) is 0 Å². The van der Waals surface area contributed by atoms with E-state index in [-0.39, 0.29) is 13.2 Å². The summed E-state index contributed by atoms with van der Waals surface area (Å²) in [5, 5.41) is 9.36. The van der Waals surface area contributed by atoms with Gasteiger partial charge >= 0.3 is 5.97 Å². The summed E-state index contributed by atoms with van der Waals surface area (Å²) in [6.45, 7) is -0.426. The van der Waals surface area contributed by atoms with Gasteiger partial charge in [0.05, 0.1) is 18.7 Å². The van der Waals surface area contributed by atoms with E-state index in [9.17, 15) is 4.79 Å². The molecule has 0 saturated heterocycles. The third-order valence-corrected chi connectivity index (χ3v) is 2.08. The van der Waals surface area contributed by atoms with Crippen molar-refractivity contribution in [2.45, 2.75) is 6.61 Å². The summed E-state index contributed by atoms with van der Waals surface area (Å²) in [4.78, 5) is 10.8. The van der Waals surface area contributed by atoms with E-state index in [1.54, 1.807) is 18.2 Å². The highest BCUT2D eigenvalue weighted by atomic mass is 35.5. The van der Waals surface area contributed by atoms with Crippen molar-refractivity contribution >= 4 is 17.6 Å². The number of para-hydroxylation sites is 1. The van der Waals surface area contributed by atoms with E-state index >= 15 is 0 Å². The molecule has 0 fully saturated rings. The molecule has 0 atom stereocenters. The molecule has 0 heterocycles. The van der Waals surface area contributed by atoms with Crippen molar-refractivity contribution in [2.75, 3.05) is 13.7 Å². The maximum absolute atomic E-state index is 10.8. The number of halogens is 1. The maximum atomic E-state index is 10.8. The molecular weight excluding hydrogens is 220 g/mol. The van der Waals surface area contributed by atoms with E-state index in [1.807, 2.05) is 0 Å². The van der Waals surface area contributed by atoms with Gasteiger partial charge in [-0.05, 0) is 6.07 Å². The Kier molecular flexibility index (Phi) is 4.39. The fourth-order valence-electron chi connectivity index (χ4n) is 1.03. The van der Waals surface area contributed by atoms with Gasteiger partial charge in [-0.3, -0.25) is 0 Å². The Morgan fingerprint density at radius 2 is 2.27 bits per heavy atom. The molecule has 1 rings (SSSR count). The minimum atomic E-state index is -0.501. The molecule has 0 unspecified atom stereocenters.